The molecule has 10 nitrogen and oxygen atoms in total. The van der Waals surface area contributed by atoms with E-state index in [0.29, 0.717) is 0 Å². The maximum Gasteiger partial charge on any atom is 0.408 e. The van der Waals surface area contributed by atoms with E-state index >= 15 is 0 Å². The summed E-state index contributed by atoms with van der Waals surface area (Å²) in [4.78, 5) is 39.5. The van der Waals surface area contributed by atoms with Gasteiger partial charge in [0.05, 0.1) is 0 Å². The van der Waals surface area contributed by atoms with Gasteiger partial charge < -0.3 is 23.6 Å². The zero-order valence-corrected chi connectivity index (χ0v) is 18.9. The molecule has 1 N–H and O–H groups in total. The van der Waals surface area contributed by atoms with Crippen LogP contribution in [0.3, 0.4) is 0 Å². The molecule has 0 saturated carbocycles. The van der Waals surface area contributed by atoms with Crippen LogP contribution in [0, 0.1) is 0 Å². The Kier molecular flexibility index (Phi) is 10.5. The summed E-state index contributed by atoms with van der Waals surface area (Å²) in [6, 6.07) is 8.97. The van der Waals surface area contributed by atoms with E-state index in [9.17, 15) is 18.9 Å². The predicted molar refractivity (Wildman–Crippen MR) is 111 cm³/mol. The molecule has 0 radical (unpaired) electrons. The molecule has 0 saturated heterocycles. The second-order valence-corrected chi connectivity index (χ2v) is 8.70. The number of alkyl carbamates (subject to hydrolysis) is 1. The number of amides is 3. The second-order valence-electron chi connectivity index (χ2n) is 6.37. The van der Waals surface area contributed by atoms with Gasteiger partial charge in [-0.3, -0.25) is 19.5 Å². The molecule has 0 aliphatic carbocycles. The van der Waals surface area contributed by atoms with E-state index in [4.69, 9.17) is 13.8 Å². The van der Waals surface area contributed by atoms with Gasteiger partial charge in [0.15, 0.2) is 0 Å². The Balaban J connectivity index is 2.92. The molecule has 0 bridgehead atoms. The summed E-state index contributed by atoms with van der Waals surface area (Å²) in [5, 5.41) is 2.31. The highest BCUT2D eigenvalue weighted by atomic mass is 31.2. The molecule has 1 aromatic carbocycles. The number of rotatable bonds is 11. The molecule has 11 heteroatoms. The van der Waals surface area contributed by atoms with Gasteiger partial charge in [0.1, 0.15) is 6.61 Å². The Bertz CT molecular complexity index is 752. The minimum Gasteiger partial charge on any atom is -0.445 e. The maximum atomic E-state index is 13.1. The standard InChI is InChI=1S/C19H30N3O7P/c1-6-22(13-12-21(3)15(2)23)18(24)17(30(26,27-4)28-5)20-19(25)29-14-16-10-8-7-9-11-16/h7-11,17H,6,12-14H2,1-5H3,(H,20,25). The predicted octanol–water partition coefficient (Wildman–Crippen LogP) is 2.05. The molecular formula is C19H30N3O7P. The third kappa shape index (κ3) is 7.44. The van der Waals surface area contributed by atoms with E-state index in [0.717, 1.165) is 19.8 Å². The van der Waals surface area contributed by atoms with Crippen LogP contribution in [-0.2, 0) is 34.5 Å². The van der Waals surface area contributed by atoms with Crippen LogP contribution in [0.25, 0.3) is 0 Å². The number of benzene rings is 1. The largest absolute Gasteiger partial charge is 0.445 e. The van der Waals surface area contributed by atoms with Crippen LogP contribution >= 0.6 is 7.60 Å². The highest BCUT2D eigenvalue weighted by Crippen LogP contribution is 2.51. The SMILES string of the molecule is CCN(CCN(C)C(C)=O)C(=O)C(NC(=O)OCc1ccccc1)P(=O)(OC)OC. The van der Waals surface area contributed by atoms with E-state index in [-0.39, 0.29) is 32.1 Å². The minimum atomic E-state index is -4.01. The minimum absolute atomic E-state index is 0.0290. The van der Waals surface area contributed by atoms with Crippen molar-refractivity contribution in [3.63, 3.8) is 0 Å². The smallest absolute Gasteiger partial charge is 0.408 e. The molecule has 30 heavy (non-hydrogen) atoms. The van der Waals surface area contributed by atoms with Crippen LogP contribution in [0.4, 0.5) is 4.79 Å². The van der Waals surface area contributed by atoms with Gasteiger partial charge in [0, 0.05) is 47.8 Å². The lowest BCUT2D eigenvalue weighted by atomic mass is 10.2. The summed E-state index contributed by atoms with van der Waals surface area (Å²) in [5.41, 5.74) is 0.750. The normalized spacial score (nSPS) is 12.0. The highest BCUT2D eigenvalue weighted by Gasteiger charge is 2.43. The van der Waals surface area contributed by atoms with Crippen molar-refractivity contribution < 1.29 is 32.7 Å². The molecule has 0 aliphatic heterocycles. The van der Waals surface area contributed by atoms with Crippen LogP contribution < -0.4 is 5.32 Å². The van der Waals surface area contributed by atoms with Crippen molar-refractivity contribution in [2.45, 2.75) is 26.2 Å². The number of ether oxygens (including phenoxy) is 1. The van der Waals surface area contributed by atoms with Crippen molar-refractivity contribution in [2.75, 3.05) is 40.9 Å². The van der Waals surface area contributed by atoms with Crippen LogP contribution in [0.15, 0.2) is 30.3 Å². The number of carbonyl (C=O) groups is 3. The lowest BCUT2D eigenvalue weighted by Crippen LogP contribution is -2.50. The molecule has 1 unspecified atom stereocenters. The number of hydrogen-bond donors (Lipinski definition) is 1. The van der Waals surface area contributed by atoms with Crippen molar-refractivity contribution >= 4 is 25.5 Å². The zero-order valence-electron chi connectivity index (χ0n) is 18.0. The van der Waals surface area contributed by atoms with E-state index < -0.39 is 25.4 Å². The lowest BCUT2D eigenvalue weighted by molar-refractivity contribution is -0.133. The number of nitrogens with one attached hydrogen (secondary N) is 1. The fourth-order valence-corrected chi connectivity index (χ4v) is 3.73. The van der Waals surface area contributed by atoms with E-state index in [1.807, 2.05) is 6.07 Å². The monoisotopic (exact) mass is 443 g/mol. The lowest BCUT2D eigenvalue weighted by Gasteiger charge is -2.30. The third-order valence-electron chi connectivity index (χ3n) is 4.46. The molecule has 0 aliphatic rings. The van der Waals surface area contributed by atoms with E-state index in [2.05, 4.69) is 5.32 Å². The van der Waals surface area contributed by atoms with Crippen LogP contribution in [0.5, 0.6) is 0 Å². The molecule has 1 atom stereocenters. The molecule has 3 amide bonds. The van der Waals surface area contributed by atoms with Gasteiger partial charge in [-0.05, 0) is 12.5 Å². The number of hydrogen-bond acceptors (Lipinski definition) is 7. The Morgan fingerprint density at radius 1 is 1.10 bits per heavy atom. The summed E-state index contributed by atoms with van der Waals surface area (Å²) in [7, 11) is -0.158. The molecule has 0 fully saturated rings. The first-order valence-electron chi connectivity index (χ1n) is 9.37. The number of carbonyl (C=O) groups excluding carboxylic acids is 3. The summed E-state index contributed by atoms with van der Waals surface area (Å²) < 4.78 is 28.0. The van der Waals surface area contributed by atoms with Gasteiger partial charge in [-0.15, -0.1) is 0 Å². The Morgan fingerprint density at radius 3 is 2.20 bits per heavy atom. The number of nitrogens with zero attached hydrogens (tertiary/aromatic N) is 2. The number of likely N-dealkylation sites (N-methyl/N-ethyl adjacent to an activating group) is 2. The summed E-state index contributed by atoms with van der Waals surface area (Å²) >= 11 is 0. The highest BCUT2D eigenvalue weighted by molar-refractivity contribution is 7.55. The average Bonchev–Trinajstić information content (AvgIpc) is 2.76. The first-order valence-corrected chi connectivity index (χ1v) is 11.0. The molecule has 1 rings (SSSR count). The third-order valence-corrected chi connectivity index (χ3v) is 6.46. The van der Waals surface area contributed by atoms with Crippen molar-refractivity contribution in [2.24, 2.45) is 0 Å². The van der Waals surface area contributed by atoms with E-state index in [1.54, 1.807) is 38.2 Å². The zero-order chi connectivity index (χ0) is 22.7. The van der Waals surface area contributed by atoms with Crippen LogP contribution in [0.2, 0.25) is 0 Å². The maximum absolute atomic E-state index is 13.1. The first kappa shape index (κ1) is 25.6. The van der Waals surface area contributed by atoms with Crippen molar-refractivity contribution in [1.82, 2.24) is 15.1 Å². The summed E-state index contributed by atoms with van der Waals surface area (Å²) in [6.07, 6.45) is -0.941. The van der Waals surface area contributed by atoms with Crippen LogP contribution in [0.1, 0.15) is 19.4 Å². The quantitative estimate of drug-likeness (QED) is 0.521. The molecule has 0 heterocycles. The van der Waals surface area contributed by atoms with Gasteiger partial charge in [-0.1, -0.05) is 30.3 Å². The fourth-order valence-electron chi connectivity index (χ4n) is 2.46. The Morgan fingerprint density at radius 2 is 1.70 bits per heavy atom. The average molecular weight is 443 g/mol. The Hall–Kier alpha value is -2.42. The van der Waals surface area contributed by atoms with Gasteiger partial charge in [-0.25, -0.2) is 4.79 Å². The van der Waals surface area contributed by atoms with Crippen LogP contribution in [-0.4, -0.2) is 74.4 Å². The summed E-state index contributed by atoms with van der Waals surface area (Å²) in [5.74, 6) is -2.42. The van der Waals surface area contributed by atoms with Crippen molar-refractivity contribution in [1.29, 1.82) is 0 Å². The topological polar surface area (TPSA) is 114 Å². The van der Waals surface area contributed by atoms with Gasteiger partial charge >= 0.3 is 13.7 Å². The second kappa shape index (κ2) is 12.3. The molecular weight excluding hydrogens is 413 g/mol. The summed E-state index contributed by atoms with van der Waals surface area (Å²) in [6.45, 7) is 3.81. The molecule has 0 aromatic heterocycles. The van der Waals surface area contributed by atoms with Gasteiger partial charge in [0.25, 0.3) is 5.91 Å². The van der Waals surface area contributed by atoms with Gasteiger partial charge in [0.2, 0.25) is 11.7 Å². The van der Waals surface area contributed by atoms with Gasteiger partial charge in [-0.2, -0.15) is 0 Å². The molecule has 168 valence electrons. The molecule has 1 aromatic rings. The van der Waals surface area contributed by atoms with E-state index in [1.165, 1.54) is 16.7 Å². The van der Waals surface area contributed by atoms with Crippen molar-refractivity contribution in [3.05, 3.63) is 35.9 Å². The van der Waals surface area contributed by atoms with Crippen molar-refractivity contribution in [3.8, 4) is 0 Å². The molecule has 0 spiro atoms. The fraction of sp³-hybridized carbons (Fsp3) is 0.526. The Labute approximate surface area is 177 Å². The first-order chi connectivity index (χ1) is 14.2.